The van der Waals surface area contributed by atoms with E-state index in [2.05, 4.69) is 15.9 Å². The number of nitrogens with zero attached hydrogens (tertiary/aromatic N) is 4. The number of hydrogen-bond donors (Lipinski definition) is 3. The Morgan fingerprint density at radius 3 is 2.44 bits per heavy atom. The third-order valence-electron chi connectivity index (χ3n) is 6.92. The van der Waals surface area contributed by atoms with E-state index in [1.807, 2.05) is 0 Å². The molecule has 0 aromatic heterocycles. The molecule has 2 heterocycles. The third kappa shape index (κ3) is 7.73. The van der Waals surface area contributed by atoms with E-state index in [0.29, 0.717) is 27.6 Å². The summed E-state index contributed by atoms with van der Waals surface area (Å²) in [5.74, 6) is -2.86. The van der Waals surface area contributed by atoms with Crippen molar-refractivity contribution in [1.82, 2.24) is 25.8 Å². The number of fused-ring (bicyclic) bond motifs is 1. The fraction of sp³-hybridized carbons (Fsp3) is 0.357. The number of nitrogens with one attached hydrogen (secondary N) is 2. The zero-order valence-electron chi connectivity index (χ0n) is 23.2. The molecule has 2 aliphatic rings. The number of urea groups is 1. The van der Waals surface area contributed by atoms with Crippen LogP contribution in [0.1, 0.15) is 48.5 Å². The van der Waals surface area contributed by atoms with Crippen molar-refractivity contribution in [3.8, 4) is 0 Å². The van der Waals surface area contributed by atoms with Crippen LogP contribution in [0.25, 0.3) is 0 Å². The molecule has 2 fully saturated rings. The van der Waals surface area contributed by atoms with E-state index in [4.69, 9.17) is 28.0 Å². The molecule has 2 aliphatic heterocycles. The molecule has 0 unspecified atom stereocenters. The molecule has 5 amide bonds. The van der Waals surface area contributed by atoms with Gasteiger partial charge in [-0.1, -0.05) is 52.6 Å². The number of benzene rings is 2. The molecule has 228 valence electrons. The maximum atomic E-state index is 13.6. The Morgan fingerprint density at radius 1 is 1.07 bits per heavy atom. The Hall–Kier alpha value is -4.36. The quantitative estimate of drug-likeness (QED) is 0.268. The number of aliphatic carboxylic acids is 1. The van der Waals surface area contributed by atoms with Crippen LogP contribution in [0.5, 0.6) is 0 Å². The standard InChI is InChI=1S/C28H30Cl2N6O7/c1-17(33-43-16-19-20(29)9-5-10-21(19)30)22(15-25(38)39)31-27(41)23-11-6-13-35-24(37)12-14-34(28(42)36(23)35)32-26(40)18-7-3-2-4-8-18/h2-5,7-10,22-23H,6,11-16H2,1H3,(H,31,41)(H,32,40)(H,38,39)/t22-,23-/m0/s1. The summed E-state index contributed by atoms with van der Waals surface area (Å²) in [5, 5.41) is 20.1. The average Bonchev–Trinajstić information content (AvgIpc) is 3.10. The van der Waals surface area contributed by atoms with Gasteiger partial charge >= 0.3 is 12.0 Å². The van der Waals surface area contributed by atoms with Crippen molar-refractivity contribution in [1.29, 1.82) is 0 Å². The summed E-state index contributed by atoms with van der Waals surface area (Å²) >= 11 is 12.3. The Kier molecular flexibility index (Phi) is 10.4. The number of carboxylic acid groups (broad SMARTS) is 1. The van der Waals surface area contributed by atoms with Gasteiger partial charge in [0.05, 0.1) is 24.7 Å². The van der Waals surface area contributed by atoms with Crippen LogP contribution in [0.15, 0.2) is 53.7 Å². The van der Waals surface area contributed by atoms with E-state index < -0.39 is 48.2 Å². The molecule has 0 saturated carbocycles. The first-order valence-corrected chi connectivity index (χ1v) is 14.2. The SMILES string of the molecule is CC(=NOCc1c(Cl)cccc1Cl)[C@H](CC(=O)O)NC(=O)[C@@H]1CCCN2C(=O)CCN(NC(=O)c3ccccc3)C(=O)N12. The first kappa shape index (κ1) is 31.6. The largest absolute Gasteiger partial charge is 0.481 e. The molecule has 43 heavy (non-hydrogen) atoms. The summed E-state index contributed by atoms with van der Waals surface area (Å²) in [6.45, 7) is 1.48. The first-order chi connectivity index (χ1) is 20.6. The summed E-state index contributed by atoms with van der Waals surface area (Å²) in [6.07, 6.45) is 0.00730. The summed E-state index contributed by atoms with van der Waals surface area (Å²) in [7, 11) is 0. The minimum absolute atomic E-state index is 0.0775. The van der Waals surface area contributed by atoms with E-state index in [1.165, 1.54) is 11.9 Å². The van der Waals surface area contributed by atoms with Crippen molar-refractivity contribution in [2.45, 2.75) is 51.3 Å². The molecule has 15 heteroatoms. The van der Waals surface area contributed by atoms with E-state index >= 15 is 0 Å². The predicted octanol–water partition coefficient (Wildman–Crippen LogP) is 3.22. The zero-order valence-corrected chi connectivity index (χ0v) is 24.7. The highest BCUT2D eigenvalue weighted by Crippen LogP contribution is 2.26. The number of oxime groups is 1. The van der Waals surface area contributed by atoms with Crippen molar-refractivity contribution < 1.29 is 33.9 Å². The summed E-state index contributed by atoms with van der Waals surface area (Å²) in [4.78, 5) is 69.9. The molecule has 2 atom stereocenters. The lowest BCUT2D eigenvalue weighted by Crippen LogP contribution is -2.65. The van der Waals surface area contributed by atoms with Gasteiger partial charge in [-0.25, -0.2) is 19.8 Å². The van der Waals surface area contributed by atoms with Gasteiger partial charge in [0, 0.05) is 34.1 Å². The molecule has 0 radical (unpaired) electrons. The van der Waals surface area contributed by atoms with Gasteiger partial charge in [0.25, 0.3) is 5.91 Å². The van der Waals surface area contributed by atoms with E-state index in [9.17, 15) is 29.1 Å². The van der Waals surface area contributed by atoms with Gasteiger partial charge in [-0.2, -0.15) is 0 Å². The van der Waals surface area contributed by atoms with Crippen molar-refractivity contribution in [2.75, 3.05) is 13.1 Å². The Bertz CT molecular complexity index is 1400. The molecule has 0 spiro atoms. The van der Waals surface area contributed by atoms with Crippen molar-refractivity contribution in [2.24, 2.45) is 5.16 Å². The van der Waals surface area contributed by atoms with Crippen molar-refractivity contribution >= 4 is 58.6 Å². The molecule has 2 aromatic rings. The van der Waals surface area contributed by atoms with Gasteiger partial charge in [0.2, 0.25) is 11.8 Å². The molecular weight excluding hydrogens is 603 g/mol. The van der Waals surface area contributed by atoms with Gasteiger partial charge < -0.3 is 15.3 Å². The second-order valence-corrected chi connectivity index (χ2v) is 10.7. The van der Waals surface area contributed by atoms with Crippen LogP contribution in [-0.2, 0) is 25.8 Å². The molecule has 0 aliphatic carbocycles. The highest BCUT2D eigenvalue weighted by molar-refractivity contribution is 6.35. The highest BCUT2D eigenvalue weighted by Gasteiger charge is 2.44. The summed E-state index contributed by atoms with van der Waals surface area (Å²) in [5.41, 5.74) is 3.46. The van der Waals surface area contributed by atoms with Gasteiger partial charge in [0.1, 0.15) is 12.6 Å². The zero-order chi connectivity index (χ0) is 31.1. The summed E-state index contributed by atoms with van der Waals surface area (Å²) < 4.78 is 0. The Balaban J connectivity index is 1.50. The molecule has 3 N–H and O–H groups in total. The molecule has 2 saturated heterocycles. The van der Waals surface area contributed by atoms with E-state index in [0.717, 1.165) is 10.0 Å². The second-order valence-electron chi connectivity index (χ2n) is 9.88. The van der Waals surface area contributed by atoms with E-state index in [-0.39, 0.29) is 38.2 Å². The second kappa shape index (κ2) is 14.2. The number of carbonyl (C=O) groups excluding carboxylic acids is 4. The van der Waals surface area contributed by atoms with Crippen molar-refractivity contribution in [3.05, 3.63) is 69.7 Å². The first-order valence-electron chi connectivity index (χ1n) is 13.5. The maximum Gasteiger partial charge on any atom is 0.358 e. The molecule has 2 aromatic carbocycles. The number of hydrogen-bond acceptors (Lipinski definition) is 7. The van der Waals surface area contributed by atoms with Crippen LogP contribution in [0.4, 0.5) is 4.79 Å². The van der Waals surface area contributed by atoms with Gasteiger partial charge in [-0.05, 0) is 44.0 Å². The minimum Gasteiger partial charge on any atom is -0.481 e. The smallest absolute Gasteiger partial charge is 0.358 e. The fourth-order valence-corrected chi connectivity index (χ4v) is 5.18. The molecule has 13 nitrogen and oxygen atoms in total. The normalized spacial score (nSPS) is 18.0. The van der Waals surface area contributed by atoms with Crippen LogP contribution >= 0.6 is 23.2 Å². The Morgan fingerprint density at radius 2 is 1.77 bits per heavy atom. The molecule has 0 bridgehead atoms. The number of amides is 5. The predicted molar refractivity (Wildman–Crippen MR) is 156 cm³/mol. The van der Waals surface area contributed by atoms with Gasteiger partial charge in [0.15, 0.2) is 0 Å². The topological polar surface area (TPSA) is 161 Å². The van der Waals surface area contributed by atoms with E-state index in [1.54, 1.807) is 48.5 Å². The maximum absolute atomic E-state index is 13.6. The lowest BCUT2D eigenvalue weighted by atomic mass is 10.0. The van der Waals surface area contributed by atoms with Crippen LogP contribution in [0.2, 0.25) is 10.0 Å². The Labute approximate surface area is 257 Å². The minimum atomic E-state index is -1.21. The summed E-state index contributed by atoms with van der Waals surface area (Å²) in [6, 6.07) is 10.1. The lowest BCUT2D eigenvalue weighted by Gasteiger charge is -2.43. The van der Waals surface area contributed by atoms with Gasteiger partial charge in [-0.15, -0.1) is 0 Å². The monoisotopic (exact) mass is 632 g/mol. The van der Waals surface area contributed by atoms with Crippen LogP contribution < -0.4 is 10.7 Å². The fourth-order valence-electron chi connectivity index (χ4n) is 4.67. The molecular formula is C28H30Cl2N6O7. The highest BCUT2D eigenvalue weighted by atomic mass is 35.5. The van der Waals surface area contributed by atoms with Gasteiger partial charge in [-0.3, -0.25) is 24.6 Å². The average molecular weight is 633 g/mol. The number of halogens is 2. The number of rotatable bonds is 10. The molecule has 4 rings (SSSR count). The lowest BCUT2D eigenvalue weighted by molar-refractivity contribution is -0.155. The number of hydrazine groups is 2. The van der Waals surface area contributed by atoms with Crippen LogP contribution in [-0.4, -0.2) is 80.7 Å². The number of carbonyl (C=O) groups is 5. The van der Waals surface area contributed by atoms with Crippen LogP contribution in [0.3, 0.4) is 0 Å². The number of carboxylic acids is 1. The van der Waals surface area contributed by atoms with Crippen LogP contribution in [0, 0.1) is 0 Å². The third-order valence-corrected chi connectivity index (χ3v) is 7.63. The van der Waals surface area contributed by atoms with Crippen molar-refractivity contribution in [3.63, 3.8) is 0 Å².